The number of fused-ring (bicyclic) bond motifs is 1. The summed E-state index contributed by atoms with van der Waals surface area (Å²) in [6.07, 6.45) is 0. The molecule has 0 aliphatic rings. The topological polar surface area (TPSA) is 12.0 Å². The summed E-state index contributed by atoms with van der Waals surface area (Å²) in [6, 6.07) is 9.35. The second kappa shape index (κ2) is 5.50. The van der Waals surface area contributed by atoms with Crippen LogP contribution in [0.15, 0.2) is 41.8 Å². The zero-order valence-corrected chi connectivity index (χ0v) is 12.0. The van der Waals surface area contributed by atoms with Gasteiger partial charge < -0.3 is 5.32 Å². The number of halogens is 3. The van der Waals surface area contributed by atoms with Crippen LogP contribution in [0.5, 0.6) is 0 Å². The first kappa shape index (κ1) is 14.1. The summed E-state index contributed by atoms with van der Waals surface area (Å²) >= 11 is 1.54. The standard InChI is InChI=1S/C16H12F3NS/c1-20-15(10-5-6-12(17)14(19)13(10)18)11-4-2-3-9-7-8-21-16(9)11/h2-8,15,20H,1H3. The first-order chi connectivity index (χ1) is 10.1. The number of benzene rings is 2. The summed E-state index contributed by atoms with van der Waals surface area (Å²) in [7, 11) is 1.66. The second-order valence-corrected chi connectivity index (χ2v) is 5.59. The molecule has 0 spiro atoms. The summed E-state index contributed by atoms with van der Waals surface area (Å²) in [4.78, 5) is 0. The predicted octanol–water partition coefficient (Wildman–Crippen LogP) is 4.63. The third kappa shape index (κ3) is 2.32. The number of rotatable bonds is 3. The third-order valence-corrected chi connectivity index (χ3v) is 4.46. The van der Waals surface area contributed by atoms with Crippen LogP contribution in [0.25, 0.3) is 10.1 Å². The molecular weight excluding hydrogens is 295 g/mol. The smallest absolute Gasteiger partial charge is 0.194 e. The fraction of sp³-hybridized carbons (Fsp3) is 0.125. The maximum Gasteiger partial charge on any atom is 0.194 e. The molecule has 1 aromatic heterocycles. The van der Waals surface area contributed by atoms with Crippen LogP contribution in [0.1, 0.15) is 17.2 Å². The maximum absolute atomic E-state index is 14.1. The highest BCUT2D eigenvalue weighted by molar-refractivity contribution is 7.17. The van der Waals surface area contributed by atoms with Gasteiger partial charge in [-0.2, -0.15) is 0 Å². The van der Waals surface area contributed by atoms with Gasteiger partial charge in [-0.25, -0.2) is 13.2 Å². The Kier molecular flexibility index (Phi) is 3.69. The van der Waals surface area contributed by atoms with E-state index in [2.05, 4.69) is 5.32 Å². The Labute approximate surface area is 124 Å². The Morgan fingerprint density at radius 2 is 1.76 bits per heavy atom. The minimum Gasteiger partial charge on any atom is -0.309 e. The van der Waals surface area contributed by atoms with E-state index in [-0.39, 0.29) is 5.56 Å². The lowest BCUT2D eigenvalue weighted by molar-refractivity contribution is 0.435. The number of hydrogen-bond donors (Lipinski definition) is 1. The molecule has 0 saturated carbocycles. The average molecular weight is 307 g/mol. The highest BCUT2D eigenvalue weighted by Crippen LogP contribution is 2.33. The van der Waals surface area contributed by atoms with Gasteiger partial charge in [-0.05, 0) is 35.5 Å². The molecule has 2 aromatic carbocycles. The van der Waals surface area contributed by atoms with E-state index in [0.29, 0.717) is 0 Å². The van der Waals surface area contributed by atoms with Crippen LogP contribution >= 0.6 is 11.3 Å². The minimum atomic E-state index is -1.44. The molecule has 21 heavy (non-hydrogen) atoms. The highest BCUT2D eigenvalue weighted by atomic mass is 32.1. The van der Waals surface area contributed by atoms with Crippen LogP contribution in [0, 0.1) is 17.5 Å². The minimum absolute atomic E-state index is 0.0947. The monoisotopic (exact) mass is 307 g/mol. The molecule has 0 saturated heterocycles. The van der Waals surface area contributed by atoms with Gasteiger partial charge in [0.15, 0.2) is 17.5 Å². The Hall–Kier alpha value is -1.85. The fourth-order valence-electron chi connectivity index (χ4n) is 2.49. The van der Waals surface area contributed by atoms with Crippen LogP contribution in [0.2, 0.25) is 0 Å². The molecule has 108 valence electrons. The van der Waals surface area contributed by atoms with Crippen LogP contribution in [0.4, 0.5) is 13.2 Å². The van der Waals surface area contributed by atoms with Gasteiger partial charge in [-0.15, -0.1) is 11.3 Å². The lowest BCUT2D eigenvalue weighted by Crippen LogP contribution is -2.20. The second-order valence-electron chi connectivity index (χ2n) is 4.67. The molecule has 1 N–H and O–H groups in total. The van der Waals surface area contributed by atoms with E-state index in [0.717, 1.165) is 21.7 Å². The van der Waals surface area contributed by atoms with Gasteiger partial charge >= 0.3 is 0 Å². The maximum atomic E-state index is 14.1. The summed E-state index contributed by atoms with van der Waals surface area (Å²) < 4.78 is 41.6. The van der Waals surface area contributed by atoms with Crippen LogP contribution in [-0.2, 0) is 0 Å². The van der Waals surface area contributed by atoms with Crippen LogP contribution in [-0.4, -0.2) is 7.05 Å². The van der Waals surface area contributed by atoms with Crippen molar-refractivity contribution in [2.45, 2.75) is 6.04 Å². The number of thiophene rings is 1. The van der Waals surface area contributed by atoms with Crippen molar-refractivity contribution in [1.29, 1.82) is 0 Å². The molecule has 0 fully saturated rings. The van der Waals surface area contributed by atoms with E-state index in [1.165, 1.54) is 17.4 Å². The molecule has 0 amide bonds. The SMILES string of the molecule is CNC(c1ccc(F)c(F)c1F)c1cccc2ccsc12. The third-order valence-electron chi connectivity index (χ3n) is 3.49. The summed E-state index contributed by atoms with van der Waals surface area (Å²) in [5.74, 6) is -3.77. The molecule has 1 nitrogen and oxygen atoms in total. The molecule has 3 rings (SSSR count). The fourth-order valence-corrected chi connectivity index (χ4v) is 3.43. The van der Waals surface area contributed by atoms with Crippen molar-refractivity contribution in [3.8, 4) is 0 Å². The van der Waals surface area contributed by atoms with E-state index in [1.807, 2.05) is 29.6 Å². The van der Waals surface area contributed by atoms with Crippen molar-refractivity contribution >= 4 is 21.4 Å². The zero-order chi connectivity index (χ0) is 15.0. The predicted molar refractivity (Wildman–Crippen MR) is 79.0 cm³/mol. The van der Waals surface area contributed by atoms with Crippen molar-refractivity contribution in [2.24, 2.45) is 0 Å². The Bertz CT molecular complexity index is 797. The molecule has 0 radical (unpaired) electrons. The average Bonchev–Trinajstić information content (AvgIpc) is 2.97. The van der Waals surface area contributed by atoms with Crippen LogP contribution < -0.4 is 5.32 Å². The van der Waals surface area contributed by atoms with Crippen LogP contribution in [0.3, 0.4) is 0 Å². The summed E-state index contributed by atoms with van der Waals surface area (Å²) in [5, 5.41) is 5.97. The molecule has 1 unspecified atom stereocenters. The van der Waals surface area contributed by atoms with E-state index in [1.54, 1.807) is 7.05 Å². The van der Waals surface area contributed by atoms with Gasteiger partial charge in [0.05, 0.1) is 6.04 Å². The summed E-state index contributed by atoms with van der Waals surface area (Å²) in [5.41, 5.74) is 0.937. The Morgan fingerprint density at radius 3 is 2.52 bits per heavy atom. The Morgan fingerprint density at radius 1 is 0.952 bits per heavy atom. The van der Waals surface area contributed by atoms with Gasteiger partial charge in [0.1, 0.15) is 0 Å². The van der Waals surface area contributed by atoms with Gasteiger partial charge in [-0.1, -0.05) is 24.3 Å². The van der Waals surface area contributed by atoms with Crippen molar-refractivity contribution in [2.75, 3.05) is 7.05 Å². The van der Waals surface area contributed by atoms with E-state index < -0.39 is 23.5 Å². The van der Waals surface area contributed by atoms with E-state index >= 15 is 0 Å². The zero-order valence-electron chi connectivity index (χ0n) is 11.2. The van der Waals surface area contributed by atoms with Gasteiger partial charge in [-0.3, -0.25) is 0 Å². The molecule has 1 heterocycles. The first-order valence-electron chi connectivity index (χ1n) is 6.40. The van der Waals surface area contributed by atoms with Gasteiger partial charge in [0, 0.05) is 10.3 Å². The lowest BCUT2D eigenvalue weighted by Gasteiger charge is -2.19. The van der Waals surface area contributed by atoms with E-state index in [4.69, 9.17) is 0 Å². The molecular formula is C16H12F3NS. The van der Waals surface area contributed by atoms with E-state index in [9.17, 15) is 13.2 Å². The normalized spacial score (nSPS) is 12.8. The molecule has 0 aliphatic heterocycles. The number of nitrogens with one attached hydrogen (secondary N) is 1. The lowest BCUT2D eigenvalue weighted by atomic mass is 9.97. The molecule has 0 aliphatic carbocycles. The van der Waals surface area contributed by atoms with Gasteiger partial charge in [0.25, 0.3) is 0 Å². The van der Waals surface area contributed by atoms with Crippen molar-refractivity contribution in [3.63, 3.8) is 0 Å². The molecule has 0 bridgehead atoms. The summed E-state index contributed by atoms with van der Waals surface area (Å²) in [6.45, 7) is 0. The molecule has 5 heteroatoms. The molecule has 1 atom stereocenters. The highest BCUT2D eigenvalue weighted by Gasteiger charge is 2.22. The molecule has 3 aromatic rings. The largest absolute Gasteiger partial charge is 0.309 e. The Balaban J connectivity index is 2.19. The quantitative estimate of drug-likeness (QED) is 0.696. The van der Waals surface area contributed by atoms with Gasteiger partial charge in [0.2, 0.25) is 0 Å². The van der Waals surface area contributed by atoms with Crippen molar-refractivity contribution < 1.29 is 13.2 Å². The van der Waals surface area contributed by atoms with Crippen molar-refractivity contribution in [3.05, 3.63) is 70.4 Å². The first-order valence-corrected chi connectivity index (χ1v) is 7.28. The number of hydrogen-bond acceptors (Lipinski definition) is 2. The van der Waals surface area contributed by atoms with Crippen molar-refractivity contribution in [1.82, 2.24) is 5.32 Å².